The van der Waals surface area contributed by atoms with Gasteiger partial charge in [0.25, 0.3) is 0 Å². The van der Waals surface area contributed by atoms with Gasteiger partial charge < -0.3 is 4.74 Å². The molecule has 0 amide bonds. The molecule has 0 aliphatic rings. The van der Waals surface area contributed by atoms with Crippen molar-refractivity contribution in [1.82, 2.24) is 4.98 Å². The summed E-state index contributed by atoms with van der Waals surface area (Å²) in [4.78, 5) is 5.83. The zero-order valence-corrected chi connectivity index (χ0v) is 11.5. The highest BCUT2D eigenvalue weighted by Gasteiger charge is 2.06. The summed E-state index contributed by atoms with van der Waals surface area (Å²) in [6.07, 6.45) is 0.213. The molecular formula is C14H17NOS. The molecule has 17 heavy (non-hydrogen) atoms. The second-order valence-corrected chi connectivity index (χ2v) is 5.55. The van der Waals surface area contributed by atoms with E-state index in [4.69, 9.17) is 4.74 Å². The lowest BCUT2D eigenvalue weighted by Gasteiger charge is -2.09. The van der Waals surface area contributed by atoms with Crippen molar-refractivity contribution in [3.05, 3.63) is 34.8 Å². The zero-order valence-electron chi connectivity index (χ0n) is 10.7. The Balaban J connectivity index is 2.23. The molecule has 1 heterocycles. The van der Waals surface area contributed by atoms with Crippen LogP contribution in [-0.4, -0.2) is 11.1 Å². The van der Waals surface area contributed by atoms with E-state index < -0.39 is 0 Å². The fourth-order valence-electron chi connectivity index (χ4n) is 1.54. The molecule has 0 saturated carbocycles. The molecule has 0 spiro atoms. The lowest BCUT2D eigenvalue weighted by molar-refractivity contribution is 0.242. The maximum Gasteiger partial charge on any atom is 0.123 e. The summed E-state index contributed by atoms with van der Waals surface area (Å²) < 4.78 is 5.62. The van der Waals surface area contributed by atoms with Crippen LogP contribution in [0.25, 0.3) is 10.6 Å². The van der Waals surface area contributed by atoms with Gasteiger partial charge in [-0.25, -0.2) is 4.98 Å². The topological polar surface area (TPSA) is 22.1 Å². The van der Waals surface area contributed by atoms with Crippen molar-refractivity contribution < 1.29 is 4.74 Å². The van der Waals surface area contributed by atoms with Crippen molar-refractivity contribution in [2.75, 3.05) is 0 Å². The van der Waals surface area contributed by atoms with E-state index in [1.165, 1.54) is 4.88 Å². The van der Waals surface area contributed by atoms with Gasteiger partial charge in [-0.05, 0) is 52.0 Å². The minimum absolute atomic E-state index is 0.213. The van der Waals surface area contributed by atoms with Crippen LogP contribution in [0.2, 0.25) is 0 Å². The van der Waals surface area contributed by atoms with Gasteiger partial charge in [-0.3, -0.25) is 0 Å². The SMILES string of the molecule is Cc1nc(-c2ccc(OC(C)C)cc2)sc1C. The van der Waals surface area contributed by atoms with Crippen molar-refractivity contribution >= 4 is 11.3 Å². The third-order valence-corrected chi connectivity index (χ3v) is 3.62. The van der Waals surface area contributed by atoms with Crippen molar-refractivity contribution in [2.45, 2.75) is 33.8 Å². The maximum absolute atomic E-state index is 5.62. The fourth-order valence-corrected chi connectivity index (χ4v) is 2.46. The summed E-state index contributed by atoms with van der Waals surface area (Å²) in [5.74, 6) is 0.911. The highest BCUT2D eigenvalue weighted by Crippen LogP contribution is 2.28. The first-order valence-electron chi connectivity index (χ1n) is 5.77. The molecule has 1 aromatic heterocycles. The van der Waals surface area contributed by atoms with Crippen LogP contribution in [0.5, 0.6) is 5.75 Å². The number of ether oxygens (including phenoxy) is 1. The summed E-state index contributed by atoms with van der Waals surface area (Å²) in [6.45, 7) is 8.21. The van der Waals surface area contributed by atoms with Crippen LogP contribution in [0, 0.1) is 13.8 Å². The highest BCUT2D eigenvalue weighted by atomic mass is 32.1. The summed E-state index contributed by atoms with van der Waals surface area (Å²) in [5.41, 5.74) is 2.27. The van der Waals surface area contributed by atoms with E-state index in [0.29, 0.717) is 0 Å². The Hall–Kier alpha value is -1.35. The average molecular weight is 247 g/mol. The van der Waals surface area contributed by atoms with Gasteiger partial charge >= 0.3 is 0 Å². The number of hydrogen-bond donors (Lipinski definition) is 0. The number of rotatable bonds is 3. The Bertz CT molecular complexity index is 480. The van der Waals surface area contributed by atoms with Gasteiger partial charge in [-0.15, -0.1) is 11.3 Å². The first kappa shape index (κ1) is 12.1. The molecule has 0 aliphatic carbocycles. The second-order valence-electron chi connectivity index (χ2n) is 4.35. The number of benzene rings is 1. The summed E-state index contributed by atoms with van der Waals surface area (Å²) in [7, 11) is 0. The number of thiazole rings is 1. The molecule has 0 bridgehead atoms. The Morgan fingerprint density at radius 3 is 2.24 bits per heavy atom. The largest absolute Gasteiger partial charge is 0.491 e. The maximum atomic E-state index is 5.62. The number of aromatic nitrogens is 1. The van der Waals surface area contributed by atoms with Crippen molar-refractivity contribution in [3.63, 3.8) is 0 Å². The van der Waals surface area contributed by atoms with Gasteiger partial charge in [0.05, 0.1) is 11.8 Å². The van der Waals surface area contributed by atoms with Gasteiger partial charge in [-0.2, -0.15) is 0 Å². The normalized spacial score (nSPS) is 10.9. The molecule has 2 nitrogen and oxygen atoms in total. The zero-order chi connectivity index (χ0) is 12.4. The van der Waals surface area contributed by atoms with E-state index in [2.05, 4.69) is 24.0 Å². The third kappa shape index (κ3) is 2.86. The lowest BCUT2D eigenvalue weighted by atomic mass is 10.2. The van der Waals surface area contributed by atoms with Crippen LogP contribution < -0.4 is 4.74 Å². The van der Waals surface area contributed by atoms with Gasteiger partial charge in [0.1, 0.15) is 10.8 Å². The molecule has 0 radical (unpaired) electrons. The minimum atomic E-state index is 0.213. The monoisotopic (exact) mass is 247 g/mol. The molecule has 3 heteroatoms. The van der Waals surface area contributed by atoms with E-state index in [9.17, 15) is 0 Å². The van der Waals surface area contributed by atoms with Gasteiger partial charge in [0.15, 0.2) is 0 Å². The van der Waals surface area contributed by atoms with Crippen LogP contribution in [0.1, 0.15) is 24.4 Å². The molecule has 0 unspecified atom stereocenters. The van der Waals surface area contributed by atoms with E-state index in [1.54, 1.807) is 11.3 Å². The predicted molar refractivity (Wildman–Crippen MR) is 72.8 cm³/mol. The first-order valence-corrected chi connectivity index (χ1v) is 6.59. The molecule has 1 aromatic carbocycles. The Labute approximate surface area is 106 Å². The molecule has 0 N–H and O–H groups in total. The molecule has 2 rings (SSSR count). The van der Waals surface area contributed by atoms with Crippen LogP contribution in [0.15, 0.2) is 24.3 Å². The quantitative estimate of drug-likeness (QED) is 0.810. The van der Waals surface area contributed by atoms with Crippen LogP contribution in [-0.2, 0) is 0 Å². The predicted octanol–water partition coefficient (Wildman–Crippen LogP) is 4.21. The van der Waals surface area contributed by atoms with Gasteiger partial charge in [0.2, 0.25) is 0 Å². The summed E-state index contributed by atoms with van der Waals surface area (Å²) in [6, 6.07) is 8.13. The molecule has 90 valence electrons. The Morgan fingerprint density at radius 1 is 1.12 bits per heavy atom. The summed E-state index contributed by atoms with van der Waals surface area (Å²) in [5, 5.41) is 1.08. The number of hydrogen-bond acceptors (Lipinski definition) is 3. The Kier molecular flexibility index (Phi) is 3.48. The summed E-state index contributed by atoms with van der Waals surface area (Å²) >= 11 is 1.74. The average Bonchev–Trinajstić information content (AvgIpc) is 2.59. The Morgan fingerprint density at radius 2 is 1.76 bits per heavy atom. The first-order chi connectivity index (χ1) is 8.06. The van der Waals surface area contributed by atoms with Crippen molar-refractivity contribution in [2.24, 2.45) is 0 Å². The fraction of sp³-hybridized carbons (Fsp3) is 0.357. The molecule has 0 fully saturated rings. The van der Waals surface area contributed by atoms with E-state index >= 15 is 0 Å². The number of nitrogens with zero attached hydrogens (tertiary/aromatic N) is 1. The molecule has 0 saturated heterocycles. The van der Waals surface area contributed by atoms with E-state index in [-0.39, 0.29) is 6.10 Å². The standard InChI is InChI=1S/C14H17NOS/c1-9(2)16-13-7-5-12(6-8-13)14-15-10(3)11(4)17-14/h5-9H,1-4H3. The van der Waals surface area contributed by atoms with Crippen molar-refractivity contribution in [3.8, 4) is 16.3 Å². The molecule has 2 aromatic rings. The molecule has 0 aliphatic heterocycles. The minimum Gasteiger partial charge on any atom is -0.491 e. The smallest absolute Gasteiger partial charge is 0.123 e. The number of aryl methyl sites for hydroxylation is 2. The van der Waals surface area contributed by atoms with Crippen LogP contribution >= 0.6 is 11.3 Å². The second kappa shape index (κ2) is 4.88. The third-order valence-electron chi connectivity index (χ3n) is 2.50. The van der Waals surface area contributed by atoms with Crippen LogP contribution in [0.3, 0.4) is 0 Å². The molecular weight excluding hydrogens is 230 g/mol. The van der Waals surface area contributed by atoms with Gasteiger partial charge in [-0.1, -0.05) is 0 Å². The lowest BCUT2D eigenvalue weighted by Crippen LogP contribution is -2.05. The van der Waals surface area contributed by atoms with Gasteiger partial charge in [0, 0.05) is 10.4 Å². The van der Waals surface area contributed by atoms with Crippen molar-refractivity contribution in [1.29, 1.82) is 0 Å². The van der Waals surface area contributed by atoms with E-state index in [0.717, 1.165) is 22.0 Å². The highest BCUT2D eigenvalue weighted by molar-refractivity contribution is 7.15. The van der Waals surface area contributed by atoms with E-state index in [1.807, 2.05) is 32.9 Å². The molecule has 0 atom stereocenters. The van der Waals surface area contributed by atoms with Crippen LogP contribution in [0.4, 0.5) is 0 Å².